The minimum Gasteiger partial charge on any atom is -0.375 e. The Morgan fingerprint density at radius 2 is 1.75 bits per heavy atom. The summed E-state index contributed by atoms with van der Waals surface area (Å²) in [5.74, 6) is 0. The molecule has 0 unspecified atom stereocenters. The van der Waals surface area contributed by atoms with Gasteiger partial charge in [-0.05, 0) is 12.2 Å². The molecular formula is C4H11N3S. The van der Waals surface area contributed by atoms with Gasteiger partial charge in [0.05, 0.1) is 0 Å². The van der Waals surface area contributed by atoms with Crippen molar-refractivity contribution in [3.05, 3.63) is 0 Å². The summed E-state index contributed by atoms with van der Waals surface area (Å²) >= 11 is 4.66. The average Bonchev–Trinajstić information content (AvgIpc) is 1.64. The fourth-order valence-corrected chi connectivity index (χ4v) is 0.360. The van der Waals surface area contributed by atoms with Crippen molar-refractivity contribution in [1.29, 1.82) is 0 Å². The Kier molecular flexibility index (Phi) is 2.71. The van der Waals surface area contributed by atoms with Crippen LogP contribution in [0.1, 0.15) is 0 Å². The first-order valence-corrected chi connectivity index (χ1v) is 2.67. The number of thiocarbonyl (C=S) groups is 1. The van der Waals surface area contributed by atoms with Crippen LogP contribution in [-0.2, 0) is 0 Å². The quantitative estimate of drug-likeness (QED) is 0.391. The SMILES string of the molecule is CN(C)N(C)C(N)=S. The molecule has 0 atom stereocenters. The number of nitrogens with zero attached hydrogens (tertiary/aromatic N) is 2. The van der Waals surface area contributed by atoms with Gasteiger partial charge < -0.3 is 5.73 Å². The molecule has 0 fully saturated rings. The van der Waals surface area contributed by atoms with Crippen LogP contribution in [0.5, 0.6) is 0 Å². The average molecular weight is 133 g/mol. The van der Waals surface area contributed by atoms with Gasteiger partial charge in [0.1, 0.15) is 0 Å². The number of nitrogens with two attached hydrogens (primary N) is 1. The highest BCUT2D eigenvalue weighted by Crippen LogP contribution is 1.82. The maximum Gasteiger partial charge on any atom is 0.180 e. The molecule has 4 heteroatoms. The third kappa shape index (κ3) is 2.09. The molecule has 0 aliphatic heterocycles. The maximum absolute atomic E-state index is 5.25. The van der Waals surface area contributed by atoms with Gasteiger partial charge in [-0.3, -0.25) is 5.01 Å². The van der Waals surface area contributed by atoms with Gasteiger partial charge >= 0.3 is 0 Å². The van der Waals surface area contributed by atoms with Crippen molar-refractivity contribution in [2.45, 2.75) is 0 Å². The third-order valence-corrected chi connectivity index (χ3v) is 1.18. The Hall–Kier alpha value is -0.350. The molecule has 0 spiro atoms. The van der Waals surface area contributed by atoms with E-state index in [1.165, 1.54) is 0 Å². The van der Waals surface area contributed by atoms with E-state index in [-0.39, 0.29) is 0 Å². The Bertz CT molecular complexity index is 91.3. The van der Waals surface area contributed by atoms with Gasteiger partial charge in [0.15, 0.2) is 5.11 Å². The van der Waals surface area contributed by atoms with Crippen molar-refractivity contribution in [1.82, 2.24) is 10.0 Å². The van der Waals surface area contributed by atoms with Crippen molar-refractivity contribution in [2.24, 2.45) is 5.73 Å². The van der Waals surface area contributed by atoms with Crippen molar-refractivity contribution in [2.75, 3.05) is 21.1 Å². The van der Waals surface area contributed by atoms with E-state index in [0.29, 0.717) is 5.11 Å². The highest BCUT2D eigenvalue weighted by atomic mass is 32.1. The molecule has 0 aromatic heterocycles. The molecule has 0 aromatic rings. The van der Waals surface area contributed by atoms with Crippen LogP contribution in [0.15, 0.2) is 0 Å². The van der Waals surface area contributed by atoms with Crippen LogP contribution < -0.4 is 5.73 Å². The number of rotatable bonds is 1. The van der Waals surface area contributed by atoms with E-state index >= 15 is 0 Å². The van der Waals surface area contributed by atoms with E-state index in [0.717, 1.165) is 0 Å². The topological polar surface area (TPSA) is 32.5 Å². The van der Waals surface area contributed by atoms with Crippen molar-refractivity contribution < 1.29 is 0 Å². The molecule has 0 heterocycles. The summed E-state index contributed by atoms with van der Waals surface area (Å²) in [6, 6.07) is 0. The van der Waals surface area contributed by atoms with E-state index in [2.05, 4.69) is 12.2 Å². The van der Waals surface area contributed by atoms with E-state index in [9.17, 15) is 0 Å². The fraction of sp³-hybridized carbons (Fsp3) is 0.750. The Morgan fingerprint density at radius 3 is 1.75 bits per heavy atom. The van der Waals surface area contributed by atoms with Crippen LogP contribution in [0.25, 0.3) is 0 Å². The summed E-state index contributed by atoms with van der Waals surface area (Å²) in [4.78, 5) is 0. The predicted octanol–water partition coefficient (Wildman–Crippen LogP) is -0.362. The van der Waals surface area contributed by atoms with E-state index < -0.39 is 0 Å². The lowest BCUT2D eigenvalue weighted by atomic mass is 10.9. The molecule has 2 N–H and O–H groups in total. The fourth-order valence-electron chi connectivity index (χ4n) is 0.197. The second-order valence-corrected chi connectivity index (χ2v) is 2.13. The zero-order valence-corrected chi connectivity index (χ0v) is 6.20. The number of hydrazine groups is 1. The van der Waals surface area contributed by atoms with Gasteiger partial charge in [-0.25, -0.2) is 5.01 Å². The standard InChI is InChI=1S/C4H11N3S/c1-6(2)7(3)4(5)8/h1-3H3,(H2,5,8). The van der Waals surface area contributed by atoms with Gasteiger partial charge in [0, 0.05) is 21.1 Å². The van der Waals surface area contributed by atoms with Crippen LogP contribution in [0.3, 0.4) is 0 Å². The molecule has 8 heavy (non-hydrogen) atoms. The highest BCUT2D eigenvalue weighted by Gasteiger charge is 1.98. The molecule has 0 aliphatic rings. The zero-order valence-electron chi connectivity index (χ0n) is 5.38. The second-order valence-electron chi connectivity index (χ2n) is 1.71. The zero-order chi connectivity index (χ0) is 6.73. The molecule has 0 amide bonds. The highest BCUT2D eigenvalue weighted by molar-refractivity contribution is 7.80. The minimum absolute atomic E-state index is 0.384. The molecule has 0 bridgehead atoms. The van der Waals surface area contributed by atoms with Crippen molar-refractivity contribution >= 4 is 17.3 Å². The molecule has 0 saturated heterocycles. The van der Waals surface area contributed by atoms with Gasteiger partial charge in [-0.1, -0.05) is 0 Å². The third-order valence-electron chi connectivity index (χ3n) is 0.919. The minimum atomic E-state index is 0.384. The maximum atomic E-state index is 5.25. The van der Waals surface area contributed by atoms with Gasteiger partial charge in [0.25, 0.3) is 0 Å². The van der Waals surface area contributed by atoms with Crippen LogP contribution in [-0.4, -0.2) is 36.3 Å². The van der Waals surface area contributed by atoms with Crippen LogP contribution in [0, 0.1) is 0 Å². The Morgan fingerprint density at radius 1 is 1.38 bits per heavy atom. The predicted molar refractivity (Wildman–Crippen MR) is 38.2 cm³/mol. The first kappa shape index (κ1) is 7.65. The smallest absolute Gasteiger partial charge is 0.180 e. The van der Waals surface area contributed by atoms with Crippen LogP contribution >= 0.6 is 12.2 Å². The second kappa shape index (κ2) is 2.84. The summed E-state index contributed by atoms with van der Waals surface area (Å²) in [6.07, 6.45) is 0. The lowest BCUT2D eigenvalue weighted by Crippen LogP contribution is -2.41. The number of hydrogen-bond donors (Lipinski definition) is 1. The van der Waals surface area contributed by atoms with Gasteiger partial charge in [0.2, 0.25) is 0 Å². The normalized spacial score (nSPS) is 9.50. The Labute approximate surface area is 55.0 Å². The van der Waals surface area contributed by atoms with Crippen LogP contribution in [0.4, 0.5) is 0 Å². The molecule has 0 saturated carbocycles. The van der Waals surface area contributed by atoms with Crippen LogP contribution in [0.2, 0.25) is 0 Å². The summed E-state index contributed by atoms with van der Waals surface area (Å²) in [6.45, 7) is 0. The largest absolute Gasteiger partial charge is 0.375 e. The molecule has 0 radical (unpaired) electrons. The van der Waals surface area contributed by atoms with Gasteiger partial charge in [-0.15, -0.1) is 0 Å². The molecule has 0 aromatic carbocycles. The van der Waals surface area contributed by atoms with E-state index in [1.807, 2.05) is 26.2 Å². The molecule has 48 valence electrons. The Balaban J connectivity index is 3.64. The molecule has 0 aliphatic carbocycles. The van der Waals surface area contributed by atoms with E-state index in [1.54, 1.807) is 5.01 Å². The monoisotopic (exact) mass is 133 g/mol. The lowest BCUT2D eigenvalue weighted by Gasteiger charge is -2.23. The summed E-state index contributed by atoms with van der Waals surface area (Å²) in [5.41, 5.74) is 5.25. The first-order valence-electron chi connectivity index (χ1n) is 2.26. The summed E-state index contributed by atoms with van der Waals surface area (Å²) in [5, 5.41) is 3.87. The molecule has 0 rings (SSSR count). The first-order chi connectivity index (χ1) is 3.55. The summed E-state index contributed by atoms with van der Waals surface area (Å²) < 4.78 is 0. The van der Waals surface area contributed by atoms with Gasteiger partial charge in [-0.2, -0.15) is 0 Å². The lowest BCUT2D eigenvalue weighted by molar-refractivity contribution is 0.146. The number of hydrogen-bond acceptors (Lipinski definition) is 2. The molecular weight excluding hydrogens is 122 g/mol. The summed E-state index contributed by atoms with van der Waals surface area (Å²) in [7, 11) is 5.56. The van der Waals surface area contributed by atoms with Crippen molar-refractivity contribution in [3.8, 4) is 0 Å². The molecule has 3 nitrogen and oxygen atoms in total. The van der Waals surface area contributed by atoms with E-state index in [4.69, 9.17) is 5.73 Å². The van der Waals surface area contributed by atoms with Crippen molar-refractivity contribution in [3.63, 3.8) is 0 Å².